The highest BCUT2D eigenvalue weighted by atomic mass is 32.2. The van der Waals surface area contributed by atoms with Gasteiger partial charge in [-0.15, -0.1) is 0 Å². The van der Waals surface area contributed by atoms with Crippen molar-refractivity contribution in [2.24, 2.45) is 0 Å². The molecule has 28 heavy (non-hydrogen) atoms. The molecule has 2 aromatic rings. The van der Waals surface area contributed by atoms with Crippen LogP contribution in [0.2, 0.25) is 0 Å². The summed E-state index contributed by atoms with van der Waals surface area (Å²) in [5, 5.41) is 6.67. The monoisotopic (exact) mass is 426 g/mol. The van der Waals surface area contributed by atoms with Crippen LogP contribution >= 0.6 is 0 Å². The molecule has 1 fully saturated rings. The largest absolute Gasteiger partial charge is 0.281 e. The third-order valence-corrected chi connectivity index (χ3v) is 9.25. The number of aromatic nitrogens is 2. The zero-order chi connectivity index (χ0) is 20.7. The van der Waals surface area contributed by atoms with Gasteiger partial charge in [-0.1, -0.05) is 6.07 Å². The minimum absolute atomic E-state index is 0.108. The van der Waals surface area contributed by atoms with Crippen molar-refractivity contribution < 1.29 is 16.8 Å². The van der Waals surface area contributed by atoms with Gasteiger partial charge in [-0.05, 0) is 57.4 Å². The first-order valence-electron chi connectivity index (χ1n) is 9.14. The molecule has 0 bridgehead atoms. The van der Waals surface area contributed by atoms with Gasteiger partial charge >= 0.3 is 0 Å². The van der Waals surface area contributed by atoms with E-state index in [0.29, 0.717) is 17.8 Å². The summed E-state index contributed by atoms with van der Waals surface area (Å²) >= 11 is 0. The van der Waals surface area contributed by atoms with E-state index in [4.69, 9.17) is 0 Å². The number of hydrogen-bond acceptors (Lipinski definition) is 5. The maximum Gasteiger partial charge on any atom is 0.246 e. The molecule has 0 radical (unpaired) electrons. The van der Waals surface area contributed by atoms with Crippen LogP contribution in [0.15, 0.2) is 28.0 Å². The molecule has 0 unspecified atom stereocenters. The molecule has 0 spiro atoms. The van der Waals surface area contributed by atoms with E-state index in [1.807, 2.05) is 13.8 Å². The predicted molar refractivity (Wildman–Crippen MR) is 106 cm³/mol. The summed E-state index contributed by atoms with van der Waals surface area (Å²) in [4.78, 5) is 0.423. The topological polar surface area (TPSA) is 103 Å². The number of nitrogens with zero attached hydrogens (tertiary/aromatic N) is 3. The molecule has 1 saturated heterocycles. The fraction of sp³-hybridized carbons (Fsp3) is 0.500. The summed E-state index contributed by atoms with van der Waals surface area (Å²) in [6.07, 6.45) is 0.430. The molecule has 154 valence electrons. The van der Waals surface area contributed by atoms with Crippen molar-refractivity contribution in [3.8, 4) is 0 Å². The standard InChI is InChI=1S/C18H26N4O4S2/c1-13-6-7-17(12-14(13)2)27(23,24)21-8-5-9-22(11-10-21)28(25,26)18-15(3)19-20-16(18)4/h6-7,12H,5,8-11H2,1-4H3,(H,19,20). The van der Waals surface area contributed by atoms with Gasteiger partial charge in [0.2, 0.25) is 20.0 Å². The molecule has 0 aliphatic carbocycles. The Hall–Kier alpha value is -1.75. The molecule has 1 aromatic carbocycles. The highest BCUT2D eigenvalue weighted by molar-refractivity contribution is 7.89. The molecular weight excluding hydrogens is 400 g/mol. The third-order valence-electron chi connectivity index (χ3n) is 5.19. The van der Waals surface area contributed by atoms with E-state index in [1.165, 1.54) is 8.61 Å². The molecular formula is C18H26N4O4S2. The molecule has 0 atom stereocenters. The number of hydrogen-bond donors (Lipinski definition) is 1. The van der Waals surface area contributed by atoms with E-state index in [-0.39, 0.29) is 36.0 Å². The van der Waals surface area contributed by atoms with Crippen LogP contribution in [0.5, 0.6) is 0 Å². The Bertz CT molecular complexity index is 1070. The minimum Gasteiger partial charge on any atom is -0.281 e. The minimum atomic E-state index is -3.73. The Morgan fingerprint density at radius 3 is 2.00 bits per heavy atom. The lowest BCUT2D eigenvalue weighted by Crippen LogP contribution is -2.37. The van der Waals surface area contributed by atoms with Crippen LogP contribution in [0.4, 0.5) is 0 Å². The van der Waals surface area contributed by atoms with Gasteiger partial charge in [0, 0.05) is 26.2 Å². The second kappa shape index (κ2) is 7.58. The molecule has 10 heteroatoms. The van der Waals surface area contributed by atoms with Gasteiger partial charge in [0.1, 0.15) is 4.90 Å². The van der Waals surface area contributed by atoms with Crippen LogP contribution in [0.25, 0.3) is 0 Å². The Morgan fingerprint density at radius 2 is 1.46 bits per heavy atom. The third kappa shape index (κ3) is 3.73. The van der Waals surface area contributed by atoms with Crippen molar-refractivity contribution in [3.63, 3.8) is 0 Å². The second-order valence-corrected chi connectivity index (χ2v) is 11.0. The van der Waals surface area contributed by atoms with Crippen LogP contribution in [-0.4, -0.2) is 61.8 Å². The van der Waals surface area contributed by atoms with E-state index in [1.54, 1.807) is 32.0 Å². The molecule has 2 heterocycles. The van der Waals surface area contributed by atoms with Gasteiger partial charge in [-0.2, -0.15) is 13.7 Å². The first-order chi connectivity index (χ1) is 13.0. The number of aromatic amines is 1. The molecule has 0 amide bonds. The number of rotatable bonds is 4. The summed E-state index contributed by atoms with van der Waals surface area (Å²) < 4.78 is 54.9. The Labute approximate surface area is 166 Å². The average molecular weight is 427 g/mol. The van der Waals surface area contributed by atoms with Crippen LogP contribution in [0.1, 0.15) is 28.9 Å². The number of benzene rings is 1. The first kappa shape index (κ1) is 21.0. The zero-order valence-corrected chi connectivity index (χ0v) is 18.2. The normalized spacial score (nSPS) is 17.6. The van der Waals surface area contributed by atoms with Gasteiger partial charge in [0.05, 0.1) is 16.3 Å². The average Bonchev–Trinajstić information content (AvgIpc) is 2.84. The van der Waals surface area contributed by atoms with Crippen molar-refractivity contribution in [1.29, 1.82) is 0 Å². The Morgan fingerprint density at radius 1 is 0.857 bits per heavy atom. The van der Waals surface area contributed by atoms with Gasteiger partial charge in [0.15, 0.2) is 0 Å². The summed E-state index contributed by atoms with van der Waals surface area (Å²) in [6.45, 7) is 7.89. The molecule has 0 saturated carbocycles. The molecule has 1 aromatic heterocycles. The zero-order valence-electron chi connectivity index (χ0n) is 16.6. The number of aryl methyl sites for hydroxylation is 4. The van der Waals surface area contributed by atoms with E-state index < -0.39 is 20.0 Å². The lowest BCUT2D eigenvalue weighted by molar-refractivity contribution is 0.404. The highest BCUT2D eigenvalue weighted by Crippen LogP contribution is 2.25. The van der Waals surface area contributed by atoms with Crippen LogP contribution in [-0.2, 0) is 20.0 Å². The van der Waals surface area contributed by atoms with Crippen molar-refractivity contribution in [2.45, 2.75) is 43.9 Å². The molecule has 1 N–H and O–H groups in total. The molecule has 1 aliphatic heterocycles. The molecule has 3 rings (SSSR count). The van der Waals surface area contributed by atoms with Gasteiger partial charge < -0.3 is 0 Å². The fourth-order valence-corrected chi connectivity index (χ4v) is 6.78. The lowest BCUT2D eigenvalue weighted by Gasteiger charge is -2.22. The van der Waals surface area contributed by atoms with E-state index in [2.05, 4.69) is 10.2 Å². The maximum absolute atomic E-state index is 13.0. The maximum atomic E-state index is 13.0. The second-order valence-electron chi connectivity index (χ2n) is 7.17. The van der Waals surface area contributed by atoms with Gasteiger partial charge in [-0.25, -0.2) is 16.8 Å². The number of sulfonamides is 2. The molecule has 1 aliphatic rings. The fourth-order valence-electron chi connectivity index (χ4n) is 3.42. The van der Waals surface area contributed by atoms with Gasteiger partial charge in [0.25, 0.3) is 0 Å². The van der Waals surface area contributed by atoms with Crippen molar-refractivity contribution in [3.05, 3.63) is 40.7 Å². The Kier molecular flexibility index (Phi) is 5.68. The van der Waals surface area contributed by atoms with Crippen LogP contribution in [0, 0.1) is 27.7 Å². The quantitative estimate of drug-likeness (QED) is 0.802. The smallest absolute Gasteiger partial charge is 0.246 e. The van der Waals surface area contributed by atoms with E-state index in [9.17, 15) is 16.8 Å². The van der Waals surface area contributed by atoms with Crippen LogP contribution in [0.3, 0.4) is 0 Å². The van der Waals surface area contributed by atoms with Crippen molar-refractivity contribution >= 4 is 20.0 Å². The Balaban J connectivity index is 1.84. The SMILES string of the molecule is Cc1ccc(S(=O)(=O)N2CCCN(S(=O)(=O)c3c(C)n[nH]c3C)CC2)cc1C. The predicted octanol–water partition coefficient (Wildman–Crippen LogP) is 1.73. The summed E-state index contributed by atoms with van der Waals surface area (Å²) in [6, 6.07) is 5.07. The lowest BCUT2D eigenvalue weighted by atomic mass is 10.1. The van der Waals surface area contributed by atoms with E-state index in [0.717, 1.165) is 11.1 Å². The highest BCUT2D eigenvalue weighted by Gasteiger charge is 2.34. The summed E-state index contributed by atoms with van der Waals surface area (Å²) in [5.41, 5.74) is 2.84. The summed E-state index contributed by atoms with van der Waals surface area (Å²) in [7, 11) is -7.40. The van der Waals surface area contributed by atoms with E-state index >= 15 is 0 Å². The van der Waals surface area contributed by atoms with Gasteiger partial charge in [-0.3, -0.25) is 5.10 Å². The molecule has 8 nitrogen and oxygen atoms in total. The van der Waals surface area contributed by atoms with Crippen molar-refractivity contribution in [1.82, 2.24) is 18.8 Å². The first-order valence-corrected chi connectivity index (χ1v) is 12.0. The van der Waals surface area contributed by atoms with Crippen LogP contribution < -0.4 is 0 Å². The number of nitrogens with one attached hydrogen (secondary N) is 1. The summed E-state index contributed by atoms with van der Waals surface area (Å²) in [5.74, 6) is 0. The van der Waals surface area contributed by atoms with Crippen molar-refractivity contribution in [2.75, 3.05) is 26.2 Å². The number of H-pyrrole nitrogens is 1.